The minimum Gasteiger partial charge on any atom is -0.338 e. The fourth-order valence-electron chi connectivity index (χ4n) is 1.72. The van der Waals surface area contributed by atoms with Crippen LogP contribution in [0.15, 0.2) is 48.8 Å². The van der Waals surface area contributed by atoms with Gasteiger partial charge >= 0.3 is 0 Å². The molecule has 0 atom stereocenters. The summed E-state index contributed by atoms with van der Waals surface area (Å²) in [4.78, 5) is 12.4. The number of benzene rings is 1. The van der Waals surface area contributed by atoms with E-state index >= 15 is 0 Å². The molecule has 18 heavy (non-hydrogen) atoms. The number of halogens is 1. The van der Waals surface area contributed by atoms with E-state index in [1.54, 1.807) is 12.4 Å². The van der Waals surface area contributed by atoms with Crippen LogP contribution in [0.1, 0.15) is 0 Å². The zero-order chi connectivity index (χ0) is 12.4. The van der Waals surface area contributed by atoms with Gasteiger partial charge in [-0.3, -0.25) is 4.98 Å². The van der Waals surface area contributed by atoms with Gasteiger partial charge in [-0.15, -0.1) is 0 Å². The van der Waals surface area contributed by atoms with E-state index in [-0.39, 0.29) is 5.28 Å². The number of fused-ring (bicyclic) bond motifs is 1. The molecule has 2 heterocycles. The SMILES string of the molecule is Clc1nc(Nc2cccnc2)c2ccccc2n1. The second-order valence-corrected chi connectivity index (χ2v) is 4.06. The molecule has 0 saturated heterocycles. The Hall–Kier alpha value is -2.20. The molecule has 0 aliphatic carbocycles. The fourth-order valence-corrected chi connectivity index (χ4v) is 1.89. The van der Waals surface area contributed by atoms with Crippen LogP contribution in [-0.4, -0.2) is 15.0 Å². The topological polar surface area (TPSA) is 50.7 Å². The summed E-state index contributed by atoms with van der Waals surface area (Å²) in [6.45, 7) is 0. The van der Waals surface area contributed by atoms with Crippen LogP contribution in [0, 0.1) is 0 Å². The molecular weight excluding hydrogens is 248 g/mol. The van der Waals surface area contributed by atoms with Gasteiger partial charge in [0.1, 0.15) is 5.82 Å². The molecule has 0 radical (unpaired) electrons. The third kappa shape index (κ3) is 2.10. The second kappa shape index (κ2) is 4.58. The summed E-state index contributed by atoms with van der Waals surface area (Å²) < 4.78 is 0. The predicted octanol–water partition coefficient (Wildman–Crippen LogP) is 3.42. The van der Waals surface area contributed by atoms with Gasteiger partial charge in [0.2, 0.25) is 5.28 Å². The first-order valence-corrected chi connectivity index (χ1v) is 5.80. The molecular formula is C13H9ClN4. The normalized spacial score (nSPS) is 10.5. The number of hydrogen-bond acceptors (Lipinski definition) is 4. The van der Waals surface area contributed by atoms with Gasteiger partial charge in [-0.25, -0.2) is 4.98 Å². The van der Waals surface area contributed by atoms with E-state index < -0.39 is 0 Å². The van der Waals surface area contributed by atoms with Crippen LogP contribution in [0.5, 0.6) is 0 Å². The van der Waals surface area contributed by atoms with Crippen LogP contribution in [-0.2, 0) is 0 Å². The molecule has 88 valence electrons. The molecule has 1 aromatic carbocycles. The summed E-state index contributed by atoms with van der Waals surface area (Å²) in [5.74, 6) is 0.679. The molecule has 3 rings (SSSR count). The van der Waals surface area contributed by atoms with Crippen molar-refractivity contribution in [1.29, 1.82) is 0 Å². The van der Waals surface area contributed by atoms with Gasteiger partial charge in [-0.05, 0) is 35.9 Å². The van der Waals surface area contributed by atoms with E-state index in [0.29, 0.717) is 5.82 Å². The lowest BCUT2D eigenvalue weighted by atomic mass is 10.2. The van der Waals surface area contributed by atoms with E-state index in [9.17, 15) is 0 Å². The van der Waals surface area contributed by atoms with Crippen LogP contribution in [0.3, 0.4) is 0 Å². The van der Waals surface area contributed by atoms with Gasteiger partial charge in [0.05, 0.1) is 17.4 Å². The minimum absolute atomic E-state index is 0.222. The molecule has 0 amide bonds. The van der Waals surface area contributed by atoms with E-state index in [0.717, 1.165) is 16.6 Å². The molecule has 0 unspecified atom stereocenters. The quantitative estimate of drug-likeness (QED) is 0.714. The minimum atomic E-state index is 0.222. The average Bonchev–Trinajstić information content (AvgIpc) is 2.40. The fraction of sp³-hybridized carbons (Fsp3) is 0. The molecule has 0 bridgehead atoms. The van der Waals surface area contributed by atoms with Gasteiger partial charge < -0.3 is 5.32 Å². The Bertz CT molecular complexity index is 685. The summed E-state index contributed by atoms with van der Waals surface area (Å²) in [6, 6.07) is 11.5. The van der Waals surface area contributed by atoms with Gasteiger partial charge in [-0.1, -0.05) is 12.1 Å². The Labute approximate surface area is 109 Å². The van der Waals surface area contributed by atoms with E-state index in [2.05, 4.69) is 20.3 Å². The van der Waals surface area contributed by atoms with Crippen molar-refractivity contribution in [2.24, 2.45) is 0 Å². The van der Waals surface area contributed by atoms with Gasteiger partial charge in [0, 0.05) is 11.6 Å². The zero-order valence-corrected chi connectivity index (χ0v) is 10.1. The Morgan fingerprint density at radius 1 is 1.00 bits per heavy atom. The maximum atomic E-state index is 5.91. The number of para-hydroxylation sites is 1. The maximum absolute atomic E-state index is 5.91. The molecule has 0 aliphatic rings. The standard InChI is InChI=1S/C13H9ClN4/c14-13-17-11-6-2-1-5-10(11)12(18-13)16-9-4-3-7-15-8-9/h1-8H,(H,16,17,18). The van der Waals surface area contributed by atoms with E-state index in [1.807, 2.05) is 36.4 Å². The molecule has 5 heteroatoms. The van der Waals surface area contributed by atoms with Crippen LogP contribution < -0.4 is 5.32 Å². The summed E-state index contributed by atoms with van der Waals surface area (Å²) in [7, 11) is 0. The van der Waals surface area contributed by atoms with Crippen molar-refractivity contribution < 1.29 is 0 Å². The molecule has 0 aliphatic heterocycles. The smallest absolute Gasteiger partial charge is 0.224 e. The molecule has 0 fully saturated rings. The highest BCUT2D eigenvalue weighted by molar-refractivity contribution is 6.28. The molecule has 0 saturated carbocycles. The highest BCUT2D eigenvalue weighted by Gasteiger charge is 2.06. The number of aromatic nitrogens is 3. The third-order valence-electron chi connectivity index (χ3n) is 2.50. The second-order valence-electron chi connectivity index (χ2n) is 3.73. The Balaban J connectivity index is 2.11. The highest BCUT2D eigenvalue weighted by atomic mass is 35.5. The number of nitrogens with zero attached hydrogens (tertiary/aromatic N) is 3. The number of anilines is 2. The monoisotopic (exact) mass is 256 g/mol. The summed E-state index contributed by atoms with van der Waals surface area (Å²) in [5, 5.41) is 4.33. The molecule has 3 aromatic rings. The maximum Gasteiger partial charge on any atom is 0.224 e. The number of nitrogens with one attached hydrogen (secondary N) is 1. The molecule has 4 nitrogen and oxygen atoms in total. The average molecular weight is 257 g/mol. The van der Waals surface area contributed by atoms with Crippen molar-refractivity contribution in [1.82, 2.24) is 15.0 Å². The first-order chi connectivity index (χ1) is 8.83. The summed E-state index contributed by atoms with van der Waals surface area (Å²) >= 11 is 5.91. The van der Waals surface area contributed by atoms with E-state index in [4.69, 9.17) is 11.6 Å². The van der Waals surface area contributed by atoms with Crippen molar-refractivity contribution in [2.75, 3.05) is 5.32 Å². The van der Waals surface area contributed by atoms with Gasteiger partial charge in [0.15, 0.2) is 0 Å². The molecule has 1 N–H and O–H groups in total. The zero-order valence-electron chi connectivity index (χ0n) is 9.34. The molecule has 0 spiro atoms. The Kier molecular flexibility index (Phi) is 2.78. The van der Waals surface area contributed by atoms with Crippen molar-refractivity contribution in [2.45, 2.75) is 0 Å². The first kappa shape index (κ1) is 10.9. The largest absolute Gasteiger partial charge is 0.338 e. The summed E-state index contributed by atoms with van der Waals surface area (Å²) in [5.41, 5.74) is 1.67. The lowest BCUT2D eigenvalue weighted by molar-refractivity contribution is 1.21. The van der Waals surface area contributed by atoms with Crippen molar-refractivity contribution in [3.8, 4) is 0 Å². The lowest BCUT2D eigenvalue weighted by Gasteiger charge is -2.08. The van der Waals surface area contributed by atoms with Crippen LogP contribution in [0.2, 0.25) is 5.28 Å². The van der Waals surface area contributed by atoms with Crippen molar-refractivity contribution in [3.05, 3.63) is 54.1 Å². The van der Waals surface area contributed by atoms with E-state index in [1.165, 1.54) is 0 Å². The van der Waals surface area contributed by atoms with Crippen LogP contribution >= 0.6 is 11.6 Å². The Morgan fingerprint density at radius 2 is 1.89 bits per heavy atom. The lowest BCUT2D eigenvalue weighted by Crippen LogP contribution is -1.97. The van der Waals surface area contributed by atoms with Crippen LogP contribution in [0.4, 0.5) is 11.5 Å². The highest BCUT2D eigenvalue weighted by Crippen LogP contribution is 2.24. The number of rotatable bonds is 2. The number of hydrogen-bond donors (Lipinski definition) is 1. The third-order valence-corrected chi connectivity index (χ3v) is 2.67. The predicted molar refractivity (Wildman–Crippen MR) is 72.1 cm³/mol. The van der Waals surface area contributed by atoms with Gasteiger partial charge in [-0.2, -0.15) is 4.98 Å². The first-order valence-electron chi connectivity index (χ1n) is 5.42. The summed E-state index contributed by atoms with van der Waals surface area (Å²) in [6.07, 6.45) is 3.45. The molecule has 2 aromatic heterocycles. The van der Waals surface area contributed by atoms with Crippen molar-refractivity contribution in [3.63, 3.8) is 0 Å². The number of pyridine rings is 1. The Morgan fingerprint density at radius 3 is 2.72 bits per heavy atom. The van der Waals surface area contributed by atoms with Gasteiger partial charge in [0.25, 0.3) is 0 Å². The van der Waals surface area contributed by atoms with Crippen LogP contribution in [0.25, 0.3) is 10.9 Å². The van der Waals surface area contributed by atoms with Crippen molar-refractivity contribution >= 4 is 34.0 Å².